The number of rotatable bonds is 7. The second kappa shape index (κ2) is 8.77. The predicted octanol–water partition coefficient (Wildman–Crippen LogP) is 4.90. The topological polar surface area (TPSA) is 51.2 Å². The summed E-state index contributed by atoms with van der Waals surface area (Å²) in [6.07, 6.45) is 2.64. The molecule has 0 saturated heterocycles. The Morgan fingerprint density at radius 1 is 1.15 bits per heavy atom. The van der Waals surface area contributed by atoms with E-state index in [9.17, 15) is 9.18 Å². The molecule has 0 radical (unpaired) electrons. The second-order valence-electron chi connectivity index (χ2n) is 6.41. The summed E-state index contributed by atoms with van der Waals surface area (Å²) in [6.45, 7) is 4.33. The molecule has 3 aromatic rings. The van der Waals surface area contributed by atoms with Crippen LogP contribution in [0, 0.1) is 19.7 Å². The molecular weight excluding hydrogens is 363 g/mol. The highest BCUT2D eigenvalue weighted by molar-refractivity contribution is 7.15. The van der Waals surface area contributed by atoms with Crippen molar-refractivity contribution in [3.63, 3.8) is 0 Å². The molecule has 0 atom stereocenters. The zero-order chi connectivity index (χ0) is 19.2. The molecule has 0 aliphatic rings. The van der Waals surface area contributed by atoms with Crippen molar-refractivity contribution in [2.75, 3.05) is 11.9 Å². The van der Waals surface area contributed by atoms with Gasteiger partial charge in [0.1, 0.15) is 11.6 Å². The molecule has 2 aromatic carbocycles. The van der Waals surface area contributed by atoms with Crippen molar-refractivity contribution >= 4 is 22.4 Å². The van der Waals surface area contributed by atoms with Gasteiger partial charge in [-0.15, -0.1) is 11.3 Å². The van der Waals surface area contributed by atoms with Crippen LogP contribution in [0.5, 0.6) is 5.75 Å². The van der Waals surface area contributed by atoms with Crippen LogP contribution in [-0.2, 0) is 11.2 Å². The molecule has 3 rings (SSSR count). The van der Waals surface area contributed by atoms with Gasteiger partial charge in [-0.2, -0.15) is 0 Å². The van der Waals surface area contributed by atoms with E-state index in [1.54, 1.807) is 18.3 Å². The fourth-order valence-corrected chi connectivity index (χ4v) is 3.57. The largest absolute Gasteiger partial charge is 0.493 e. The molecular formula is C21H21FN2O2S. The second-order valence-corrected chi connectivity index (χ2v) is 7.52. The van der Waals surface area contributed by atoms with Gasteiger partial charge in [0.25, 0.3) is 0 Å². The number of thiazole rings is 1. The molecule has 1 N–H and O–H groups in total. The van der Waals surface area contributed by atoms with Crippen LogP contribution in [0.2, 0.25) is 0 Å². The minimum atomic E-state index is -0.251. The lowest BCUT2D eigenvalue weighted by Gasteiger charge is -2.08. The lowest BCUT2D eigenvalue weighted by molar-refractivity contribution is -0.116. The van der Waals surface area contributed by atoms with Crippen LogP contribution in [0.3, 0.4) is 0 Å². The van der Waals surface area contributed by atoms with E-state index >= 15 is 0 Å². The number of aromatic nitrogens is 1. The highest BCUT2D eigenvalue weighted by Gasteiger charge is 2.08. The Bertz CT molecular complexity index is 902. The number of hydrogen-bond acceptors (Lipinski definition) is 4. The number of nitrogens with zero attached hydrogens (tertiary/aromatic N) is 1. The first-order valence-corrected chi connectivity index (χ1v) is 9.50. The van der Waals surface area contributed by atoms with Crippen LogP contribution in [0.1, 0.15) is 28.0 Å². The lowest BCUT2D eigenvalue weighted by atomic mass is 10.1. The zero-order valence-electron chi connectivity index (χ0n) is 15.3. The van der Waals surface area contributed by atoms with Crippen molar-refractivity contribution in [2.24, 2.45) is 0 Å². The third-order valence-corrected chi connectivity index (χ3v) is 4.80. The molecule has 0 bridgehead atoms. The Morgan fingerprint density at radius 2 is 1.85 bits per heavy atom. The Hall–Kier alpha value is -2.73. The molecule has 0 saturated carbocycles. The van der Waals surface area contributed by atoms with E-state index in [0.717, 1.165) is 27.3 Å². The quantitative estimate of drug-likeness (QED) is 0.630. The van der Waals surface area contributed by atoms with Gasteiger partial charge in [0, 0.05) is 17.5 Å². The van der Waals surface area contributed by atoms with Crippen molar-refractivity contribution in [2.45, 2.75) is 26.7 Å². The fraction of sp³-hybridized carbons (Fsp3) is 0.238. The van der Waals surface area contributed by atoms with Gasteiger partial charge in [0.15, 0.2) is 5.13 Å². The van der Waals surface area contributed by atoms with Crippen LogP contribution in [0.15, 0.2) is 48.7 Å². The molecule has 0 aliphatic heterocycles. The number of carbonyl (C=O) groups excluding carboxylic acids is 1. The van der Waals surface area contributed by atoms with Crippen molar-refractivity contribution in [1.29, 1.82) is 0 Å². The average Bonchev–Trinajstić information content (AvgIpc) is 3.03. The molecule has 1 amide bonds. The molecule has 0 unspecified atom stereocenters. The summed E-state index contributed by atoms with van der Waals surface area (Å²) in [5.74, 6) is 0.386. The summed E-state index contributed by atoms with van der Waals surface area (Å²) in [4.78, 5) is 17.3. The van der Waals surface area contributed by atoms with E-state index in [1.165, 1.54) is 23.5 Å². The van der Waals surface area contributed by atoms with Gasteiger partial charge in [-0.05, 0) is 54.8 Å². The summed E-state index contributed by atoms with van der Waals surface area (Å²) in [5.41, 5.74) is 3.26. The number of hydrogen-bond donors (Lipinski definition) is 1. The smallest absolute Gasteiger partial charge is 0.229 e. The minimum absolute atomic E-state index is 0.137. The molecule has 1 heterocycles. The maximum atomic E-state index is 13.0. The monoisotopic (exact) mass is 384 g/mol. The number of amides is 1. The van der Waals surface area contributed by atoms with Crippen LogP contribution in [-0.4, -0.2) is 17.5 Å². The summed E-state index contributed by atoms with van der Waals surface area (Å²) >= 11 is 1.42. The summed E-state index contributed by atoms with van der Waals surface area (Å²) < 4.78 is 18.6. The summed E-state index contributed by atoms with van der Waals surface area (Å²) in [5, 5.41) is 3.35. The van der Waals surface area contributed by atoms with Gasteiger partial charge in [-0.25, -0.2) is 9.37 Å². The molecule has 1 aromatic heterocycles. The van der Waals surface area contributed by atoms with Crippen molar-refractivity contribution in [3.05, 3.63) is 76.0 Å². The molecule has 4 nitrogen and oxygen atoms in total. The number of nitrogens with one attached hydrogen (secondary N) is 1. The number of ether oxygens (including phenoxy) is 1. The number of carbonyl (C=O) groups is 1. The number of benzene rings is 2. The van der Waals surface area contributed by atoms with Crippen molar-refractivity contribution in [1.82, 2.24) is 4.98 Å². The van der Waals surface area contributed by atoms with Crippen LogP contribution in [0.25, 0.3) is 0 Å². The van der Waals surface area contributed by atoms with Gasteiger partial charge in [0.05, 0.1) is 13.0 Å². The Balaban J connectivity index is 1.46. The van der Waals surface area contributed by atoms with E-state index in [0.29, 0.717) is 18.2 Å². The Labute approximate surface area is 162 Å². The van der Waals surface area contributed by atoms with E-state index in [-0.39, 0.29) is 18.1 Å². The average molecular weight is 384 g/mol. The maximum Gasteiger partial charge on any atom is 0.229 e. The van der Waals surface area contributed by atoms with Gasteiger partial charge >= 0.3 is 0 Å². The molecule has 0 fully saturated rings. The SMILES string of the molecule is Cc1cc(C)cc(OCCC(=O)Nc2ncc(Cc3ccc(F)cc3)s2)c1. The highest BCUT2D eigenvalue weighted by Crippen LogP contribution is 2.22. The van der Waals surface area contributed by atoms with Gasteiger partial charge in [0.2, 0.25) is 5.91 Å². The van der Waals surface area contributed by atoms with Crippen molar-refractivity contribution < 1.29 is 13.9 Å². The van der Waals surface area contributed by atoms with Gasteiger partial charge in [-0.3, -0.25) is 4.79 Å². The molecule has 140 valence electrons. The summed E-state index contributed by atoms with van der Waals surface area (Å²) in [7, 11) is 0. The third-order valence-electron chi connectivity index (χ3n) is 3.88. The predicted molar refractivity (Wildman–Crippen MR) is 106 cm³/mol. The lowest BCUT2D eigenvalue weighted by Crippen LogP contribution is -2.15. The van der Waals surface area contributed by atoms with Crippen molar-refractivity contribution in [3.8, 4) is 5.75 Å². The summed E-state index contributed by atoms with van der Waals surface area (Å²) in [6, 6.07) is 12.4. The van der Waals surface area contributed by atoms with Crippen LogP contribution >= 0.6 is 11.3 Å². The van der Waals surface area contributed by atoms with E-state index in [1.807, 2.05) is 26.0 Å². The normalized spacial score (nSPS) is 10.6. The molecule has 0 aliphatic carbocycles. The number of anilines is 1. The third kappa shape index (κ3) is 5.89. The first-order valence-electron chi connectivity index (χ1n) is 8.68. The Morgan fingerprint density at radius 3 is 2.56 bits per heavy atom. The standard InChI is InChI=1S/C21H21FN2O2S/c1-14-9-15(2)11-18(10-14)26-8-7-20(25)24-21-23-13-19(27-21)12-16-3-5-17(22)6-4-16/h3-6,9-11,13H,7-8,12H2,1-2H3,(H,23,24,25). The first-order chi connectivity index (χ1) is 13.0. The van der Waals surface area contributed by atoms with Crippen LogP contribution < -0.4 is 10.1 Å². The molecule has 27 heavy (non-hydrogen) atoms. The van der Waals surface area contributed by atoms with Gasteiger partial charge < -0.3 is 10.1 Å². The Kier molecular flexibility index (Phi) is 6.19. The maximum absolute atomic E-state index is 13.0. The van der Waals surface area contributed by atoms with Crippen LogP contribution in [0.4, 0.5) is 9.52 Å². The van der Waals surface area contributed by atoms with E-state index < -0.39 is 0 Å². The fourth-order valence-electron chi connectivity index (χ4n) is 2.71. The number of aryl methyl sites for hydroxylation is 2. The molecule has 0 spiro atoms. The minimum Gasteiger partial charge on any atom is -0.493 e. The van der Waals surface area contributed by atoms with E-state index in [2.05, 4.69) is 16.4 Å². The first kappa shape index (κ1) is 19.0. The van der Waals surface area contributed by atoms with E-state index in [4.69, 9.17) is 4.74 Å². The zero-order valence-corrected chi connectivity index (χ0v) is 16.1. The molecule has 6 heteroatoms. The number of halogens is 1. The highest BCUT2D eigenvalue weighted by atomic mass is 32.1. The van der Waals surface area contributed by atoms with Gasteiger partial charge in [-0.1, -0.05) is 18.2 Å².